The van der Waals surface area contributed by atoms with Crippen molar-refractivity contribution < 1.29 is 0 Å². The number of hydrogen-bond donors (Lipinski definition) is 1. The molecule has 2 rings (SSSR count). The molecule has 1 saturated heterocycles. The molecule has 2 heteroatoms. The molecular formula is C17H28N2. The van der Waals surface area contributed by atoms with Crippen LogP contribution in [0.4, 0.5) is 0 Å². The van der Waals surface area contributed by atoms with E-state index in [1.807, 2.05) is 0 Å². The second-order valence-corrected chi connectivity index (χ2v) is 5.85. The molecule has 19 heavy (non-hydrogen) atoms. The Morgan fingerprint density at radius 3 is 2.53 bits per heavy atom. The summed E-state index contributed by atoms with van der Waals surface area (Å²) in [6.07, 6.45) is 6.41. The van der Waals surface area contributed by atoms with Crippen molar-refractivity contribution in [2.24, 2.45) is 0 Å². The van der Waals surface area contributed by atoms with E-state index in [-0.39, 0.29) is 0 Å². The van der Waals surface area contributed by atoms with Gasteiger partial charge >= 0.3 is 0 Å². The summed E-state index contributed by atoms with van der Waals surface area (Å²) in [7, 11) is 2.22. The highest BCUT2D eigenvalue weighted by atomic mass is 15.1. The summed E-state index contributed by atoms with van der Waals surface area (Å²) < 4.78 is 0. The molecule has 1 aromatic rings. The minimum absolute atomic E-state index is 0.537. The number of likely N-dealkylation sites (tertiary alicyclic amines) is 1. The quantitative estimate of drug-likeness (QED) is 0.840. The Labute approximate surface area is 118 Å². The van der Waals surface area contributed by atoms with Gasteiger partial charge in [-0.2, -0.15) is 0 Å². The lowest BCUT2D eigenvalue weighted by Gasteiger charge is -2.33. The third kappa shape index (κ3) is 4.63. The number of hydrogen-bond acceptors (Lipinski definition) is 2. The molecule has 1 atom stereocenters. The average molecular weight is 260 g/mol. The highest BCUT2D eigenvalue weighted by molar-refractivity contribution is 5.19. The first-order valence-corrected chi connectivity index (χ1v) is 7.79. The van der Waals surface area contributed by atoms with E-state index in [9.17, 15) is 0 Å². The van der Waals surface area contributed by atoms with Crippen molar-refractivity contribution in [1.82, 2.24) is 10.2 Å². The zero-order valence-corrected chi connectivity index (χ0v) is 12.4. The topological polar surface area (TPSA) is 15.3 Å². The van der Waals surface area contributed by atoms with Crippen LogP contribution < -0.4 is 5.32 Å². The summed E-state index contributed by atoms with van der Waals surface area (Å²) >= 11 is 0. The summed E-state index contributed by atoms with van der Waals surface area (Å²) in [4.78, 5) is 2.43. The van der Waals surface area contributed by atoms with Crippen LogP contribution in [-0.2, 0) is 0 Å². The van der Waals surface area contributed by atoms with Gasteiger partial charge in [0, 0.05) is 12.1 Å². The van der Waals surface area contributed by atoms with Crippen molar-refractivity contribution in [2.75, 3.05) is 20.1 Å². The van der Waals surface area contributed by atoms with E-state index in [4.69, 9.17) is 0 Å². The normalized spacial score (nSPS) is 19.5. The molecule has 0 amide bonds. The highest BCUT2D eigenvalue weighted by Gasteiger charge is 2.20. The fourth-order valence-corrected chi connectivity index (χ4v) is 2.90. The minimum Gasteiger partial charge on any atom is -0.307 e. The second-order valence-electron chi connectivity index (χ2n) is 5.85. The molecule has 1 fully saturated rings. The zero-order valence-electron chi connectivity index (χ0n) is 12.4. The van der Waals surface area contributed by atoms with Crippen molar-refractivity contribution in [2.45, 2.75) is 51.1 Å². The number of benzene rings is 1. The molecule has 1 aliphatic rings. The fraction of sp³-hybridized carbons (Fsp3) is 0.647. The summed E-state index contributed by atoms with van der Waals surface area (Å²) in [5, 5.41) is 3.90. The van der Waals surface area contributed by atoms with Crippen molar-refractivity contribution in [1.29, 1.82) is 0 Å². The summed E-state index contributed by atoms with van der Waals surface area (Å²) in [6, 6.07) is 12.2. The van der Waals surface area contributed by atoms with E-state index >= 15 is 0 Å². The molecule has 0 aliphatic carbocycles. The van der Waals surface area contributed by atoms with Crippen LogP contribution in [0.25, 0.3) is 0 Å². The first kappa shape index (κ1) is 14.5. The third-order valence-corrected chi connectivity index (χ3v) is 4.20. The molecule has 1 N–H and O–H groups in total. The zero-order chi connectivity index (χ0) is 13.5. The number of unbranched alkanes of at least 4 members (excludes halogenated alkanes) is 1. The first-order chi connectivity index (χ1) is 9.29. The SMILES string of the molecule is CCCCC(NC1CCN(C)CC1)c1ccccc1. The van der Waals surface area contributed by atoms with E-state index < -0.39 is 0 Å². The van der Waals surface area contributed by atoms with E-state index in [0.29, 0.717) is 12.1 Å². The number of piperidine rings is 1. The van der Waals surface area contributed by atoms with Crippen LogP contribution >= 0.6 is 0 Å². The maximum atomic E-state index is 3.90. The van der Waals surface area contributed by atoms with Gasteiger partial charge in [-0.05, 0) is 45.0 Å². The van der Waals surface area contributed by atoms with Crippen molar-refractivity contribution in [3.63, 3.8) is 0 Å². The van der Waals surface area contributed by atoms with Gasteiger partial charge in [0.15, 0.2) is 0 Å². The average Bonchev–Trinajstić information content (AvgIpc) is 2.46. The molecule has 2 nitrogen and oxygen atoms in total. The molecule has 106 valence electrons. The molecule has 0 aromatic heterocycles. The lowest BCUT2D eigenvalue weighted by Crippen LogP contribution is -2.42. The fourth-order valence-electron chi connectivity index (χ4n) is 2.90. The molecule has 0 radical (unpaired) electrons. The first-order valence-electron chi connectivity index (χ1n) is 7.79. The molecule has 1 aliphatic heterocycles. The van der Waals surface area contributed by atoms with Crippen LogP contribution in [0.1, 0.15) is 50.6 Å². The molecular weight excluding hydrogens is 232 g/mol. The Balaban J connectivity index is 1.94. The summed E-state index contributed by atoms with van der Waals surface area (Å²) in [5.41, 5.74) is 1.45. The number of nitrogens with zero attached hydrogens (tertiary/aromatic N) is 1. The van der Waals surface area contributed by atoms with E-state index in [0.717, 1.165) is 0 Å². The Bertz CT molecular complexity index is 342. The maximum absolute atomic E-state index is 3.90. The van der Waals surface area contributed by atoms with Crippen molar-refractivity contribution >= 4 is 0 Å². The Hall–Kier alpha value is -0.860. The van der Waals surface area contributed by atoms with Gasteiger partial charge in [0.1, 0.15) is 0 Å². The van der Waals surface area contributed by atoms with Gasteiger partial charge < -0.3 is 10.2 Å². The summed E-state index contributed by atoms with van der Waals surface area (Å²) in [5.74, 6) is 0. The molecule has 1 aromatic carbocycles. The minimum atomic E-state index is 0.537. The van der Waals surface area contributed by atoms with Gasteiger partial charge in [0.25, 0.3) is 0 Å². The largest absolute Gasteiger partial charge is 0.307 e. The van der Waals surface area contributed by atoms with Crippen LogP contribution in [0, 0.1) is 0 Å². The summed E-state index contributed by atoms with van der Waals surface area (Å²) in [6.45, 7) is 4.73. The predicted octanol–water partition coefficient (Wildman–Crippen LogP) is 3.60. The van der Waals surface area contributed by atoms with Crippen molar-refractivity contribution in [3.8, 4) is 0 Å². The maximum Gasteiger partial charge on any atom is 0.0322 e. The Morgan fingerprint density at radius 2 is 1.89 bits per heavy atom. The smallest absolute Gasteiger partial charge is 0.0322 e. The lowest BCUT2D eigenvalue weighted by atomic mass is 9.97. The standard InChI is InChI=1S/C17H28N2/c1-3-4-10-17(15-8-6-5-7-9-15)18-16-11-13-19(2)14-12-16/h5-9,16-18H,3-4,10-14H2,1-2H3. The van der Waals surface area contributed by atoms with Gasteiger partial charge in [-0.3, -0.25) is 0 Å². The lowest BCUT2D eigenvalue weighted by molar-refractivity contribution is 0.222. The van der Waals surface area contributed by atoms with Crippen LogP contribution in [-0.4, -0.2) is 31.1 Å². The Kier molecular flexibility index (Phi) is 5.87. The van der Waals surface area contributed by atoms with Crippen molar-refractivity contribution in [3.05, 3.63) is 35.9 Å². The molecule has 0 bridgehead atoms. The van der Waals surface area contributed by atoms with Gasteiger partial charge in [0.2, 0.25) is 0 Å². The second kappa shape index (κ2) is 7.66. The van der Waals surface area contributed by atoms with Crippen LogP contribution in [0.2, 0.25) is 0 Å². The highest BCUT2D eigenvalue weighted by Crippen LogP contribution is 2.22. The van der Waals surface area contributed by atoms with Crippen LogP contribution in [0.5, 0.6) is 0 Å². The molecule has 1 heterocycles. The number of rotatable bonds is 6. The van der Waals surface area contributed by atoms with Gasteiger partial charge in [-0.15, -0.1) is 0 Å². The van der Waals surface area contributed by atoms with Crippen LogP contribution in [0.15, 0.2) is 30.3 Å². The molecule has 0 saturated carbocycles. The Morgan fingerprint density at radius 1 is 1.21 bits per heavy atom. The van der Waals surface area contributed by atoms with Gasteiger partial charge in [-0.1, -0.05) is 50.1 Å². The van der Waals surface area contributed by atoms with E-state index in [1.54, 1.807) is 0 Å². The van der Waals surface area contributed by atoms with E-state index in [1.165, 1.54) is 50.8 Å². The van der Waals surface area contributed by atoms with Crippen LogP contribution in [0.3, 0.4) is 0 Å². The number of nitrogens with one attached hydrogen (secondary N) is 1. The molecule has 0 spiro atoms. The van der Waals surface area contributed by atoms with Gasteiger partial charge in [-0.25, -0.2) is 0 Å². The predicted molar refractivity (Wildman–Crippen MR) is 82.4 cm³/mol. The van der Waals surface area contributed by atoms with Gasteiger partial charge in [0.05, 0.1) is 0 Å². The monoisotopic (exact) mass is 260 g/mol. The third-order valence-electron chi connectivity index (χ3n) is 4.20. The molecule has 1 unspecified atom stereocenters. The van der Waals surface area contributed by atoms with E-state index in [2.05, 4.69) is 54.5 Å².